The Hall–Kier alpha value is -1.14. The van der Waals surface area contributed by atoms with Gasteiger partial charge in [0.15, 0.2) is 0 Å². The second kappa shape index (κ2) is 5.46. The second-order valence-electron chi connectivity index (χ2n) is 4.66. The minimum Gasteiger partial charge on any atom is -0.480 e. The lowest BCUT2D eigenvalue weighted by Crippen LogP contribution is -2.54. The molecule has 19 heavy (non-hydrogen) atoms. The number of halogens is 2. The topological polar surface area (TPSA) is 49.3 Å². The Morgan fingerprint density at radius 2 is 2.21 bits per heavy atom. The normalized spacial score (nSPS) is 18.1. The Labute approximate surface area is 114 Å². The Kier molecular flexibility index (Phi) is 4.10. The van der Waals surface area contributed by atoms with Crippen LogP contribution in [0.1, 0.15) is 12.8 Å². The standard InChI is InChI=1S/C13H15F2NO2S/c1-16-13(12(17)18,8-2-3-8)7-19-11-5-4-9(14)6-10(11)15/h4-6,8,16H,2-3,7H2,1H3,(H,17,18). The van der Waals surface area contributed by atoms with E-state index in [9.17, 15) is 18.7 Å². The molecule has 1 unspecified atom stereocenters. The highest BCUT2D eigenvalue weighted by Gasteiger charge is 2.50. The minimum absolute atomic E-state index is 0.0750. The Morgan fingerprint density at radius 3 is 2.68 bits per heavy atom. The third-order valence-electron chi connectivity index (χ3n) is 3.45. The maximum Gasteiger partial charge on any atom is 0.325 e. The van der Waals surface area contributed by atoms with Crippen molar-refractivity contribution in [2.75, 3.05) is 12.8 Å². The number of benzene rings is 1. The summed E-state index contributed by atoms with van der Waals surface area (Å²) in [6, 6.07) is 3.32. The van der Waals surface area contributed by atoms with E-state index >= 15 is 0 Å². The zero-order valence-electron chi connectivity index (χ0n) is 10.5. The average Bonchev–Trinajstić information content (AvgIpc) is 3.17. The van der Waals surface area contributed by atoms with Crippen molar-refractivity contribution in [2.45, 2.75) is 23.3 Å². The summed E-state index contributed by atoms with van der Waals surface area (Å²) >= 11 is 1.10. The highest BCUT2D eigenvalue weighted by molar-refractivity contribution is 7.99. The molecule has 2 N–H and O–H groups in total. The van der Waals surface area contributed by atoms with Crippen LogP contribution in [0.2, 0.25) is 0 Å². The molecular weight excluding hydrogens is 272 g/mol. The van der Waals surface area contributed by atoms with E-state index in [0.29, 0.717) is 0 Å². The van der Waals surface area contributed by atoms with E-state index in [2.05, 4.69) is 5.32 Å². The fraction of sp³-hybridized carbons (Fsp3) is 0.462. The van der Waals surface area contributed by atoms with Gasteiger partial charge in [0.2, 0.25) is 0 Å². The van der Waals surface area contributed by atoms with Crippen LogP contribution < -0.4 is 5.32 Å². The first-order valence-electron chi connectivity index (χ1n) is 6.00. The van der Waals surface area contributed by atoms with E-state index in [-0.39, 0.29) is 16.6 Å². The van der Waals surface area contributed by atoms with Crippen LogP contribution in [0.4, 0.5) is 8.78 Å². The molecule has 1 atom stereocenters. The van der Waals surface area contributed by atoms with Crippen LogP contribution in [0.3, 0.4) is 0 Å². The molecule has 0 amide bonds. The summed E-state index contributed by atoms with van der Waals surface area (Å²) in [7, 11) is 1.61. The van der Waals surface area contributed by atoms with Crippen LogP contribution in [0.15, 0.2) is 23.1 Å². The fourth-order valence-corrected chi connectivity index (χ4v) is 3.35. The first kappa shape index (κ1) is 14.3. The van der Waals surface area contributed by atoms with Crippen LogP contribution in [0.25, 0.3) is 0 Å². The molecule has 2 rings (SSSR count). The van der Waals surface area contributed by atoms with Gasteiger partial charge in [-0.1, -0.05) is 0 Å². The largest absolute Gasteiger partial charge is 0.480 e. The molecule has 6 heteroatoms. The van der Waals surface area contributed by atoms with E-state index < -0.39 is 23.1 Å². The van der Waals surface area contributed by atoms with E-state index in [1.54, 1.807) is 7.05 Å². The number of hydrogen-bond acceptors (Lipinski definition) is 3. The lowest BCUT2D eigenvalue weighted by Gasteiger charge is -2.28. The molecule has 0 radical (unpaired) electrons. The molecule has 0 spiro atoms. The summed E-state index contributed by atoms with van der Waals surface area (Å²) in [6.07, 6.45) is 1.72. The van der Waals surface area contributed by atoms with Crippen molar-refractivity contribution in [3.8, 4) is 0 Å². The number of aliphatic carboxylic acids is 1. The van der Waals surface area contributed by atoms with Crippen LogP contribution >= 0.6 is 11.8 Å². The quantitative estimate of drug-likeness (QED) is 0.789. The lowest BCUT2D eigenvalue weighted by molar-refractivity contribution is -0.144. The van der Waals surface area contributed by atoms with Crippen LogP contribution in [0.5, 0.6) is 0 Å². The number of carboxylic acids is 1. The third kappa shape index (κ3) is 2.90. The van der Waals surface area contributed by atoms with Crippen molar-refractivity contribution >= 4 is 17.7 Å². The fourth-order valence-electron chi connectivity index (χ4n) is 2.10. The molecule has 1 aromatic carbocycles. The molecule has 1 saturated carbocycles. The number of rotatable bonds is 6. The molecule has 1 fully saturated rings. The molecule has 3 nitrogen and oxygen atoms in total. The van der Waals surface area contributed by atoms with Crippen molar-refractivity contribution in [1.82, 2.24) is 5.32 Å². The van der Waals surface area contributed by atoms with Gasteiger partial charge < -0.3 is 10.4 Å². The second-order valence-corrected chi connectivity index (χ2v) is 5.68. The molecule has 1 aliphatic carbocycles. The molecule has 104 valence electrons. The van der Waals surface area contributed by atoms with Gasteiger partial charge in [0.05, 0.1) is 0 Å². The lowest BCUT2D eigenvalue weighted by atomic mass is 9.96. The van der Waals surface area contributed by atoms with Crippen molar-refractivity contribution in [2.24, 2.45) is 5.92 Å². The first-order chi connectivity index (χ1) is 8.99. The van der Waals surface area contributed by atoms with Crippen LogP contribution in [-0.4, -0.2) is 29.4 Å². The van der Waals surface area contributed by atoms with Gasteiger partial charge in [0, 0.05) is 16.7 Å². The number of nitrogens with one attached hydrogen (secondary N) is 1. The summed E-state index contributed by atoms with van der Waals surface area (Å²) in [5, 5.41) is 12.3. The predicted octanol–water partition coefficient (Wildman–Crippen LogP) is 2.51. The number of likely N-dealkylation sites (N-methyl/N-ethyl adjacent to an activating group) is 1. The molecule has 0 aliphatic heterocycles. The van der Waals surface area contributed by atoms with E-state index in [0.717, 1.165) is 30.7 Å². The Bertz CT molecular complexity index is 494. The van der Waals surface area contributed by atoms with Gasteiger partial charge in [-0.2, -0.15) is 0 Å². The predicted molar refractivity (Wildman–Crippen MR) is 69.2 cm³/mol. The summed E-state index contributed by atoms with van der Waals surface area (Å²) < 4.78 is 26.3. The summed E-state index contributed by atoms with van der Waals surface area (Å²) in [5.41, 5.74) is -1.04. The maximum atomic E-state index is 13.5. The van der Waals surface area contributed by atoms with Crippen LogP contribution in [-0.2, 0) is 4.79 Å². The number of carbonyl (C=O) groups is 1. The molecular formula is C13H15F2NO2S. The zero-order valence-corrected chi connectivity index (χ0v) is 11.3. The van der Waals surface area contributed by atoms with Crippen LogP contribution in [0, 0.1) is 17.6 Å². The smallest absolute Gasteiger partial charge is 0.325 e. The third-order valence-corrected chi connectivity index (χ3v) is 4.69. The van der Waals surface area contributed by atoms with Crippen molar-refractivity contribution < 1.29 is 18.7 Å². The molecule has 0 heterocycles. The zero-order chi connectivity index (χ0) is 14.0. The highest BCUT2D eigenvalue weighted by Crippen LogP contribution is 2.42. The van der Waals surface area contributed by atoms with Gasteiger partial charge in [-0.05, 0) is 37.9 Å². The van der Waals surface area contributed by atoms with E-state index in [1.807, 2.05) is 0 Å². The summed E-state index contributed by atoms with van der Waals surface area (Å²) in [6.45, 7) is 0. The molecule has 1 aliphatic rings. The SMILES string of the molecule is CNC(CSc1ccc(F)cc1F)(C(=O)O)C1CC1. The summed E-state index contributed by atoms with van der Waals surface area (Å²) in [4.78, 5) is 11.7. The van der Waals surface area contributed by atoms with E-state index in [1.165, 1.54) is 12.1 Å². The van der Waals surface area contributed by atoms with Gasteiger partial charge in [0.1, 0.15) is 17.2 Å². The minimum atomic E-state index is -1.04. The molecule has 0 saturated heterocycles. The molecule has 0 aromatic heterocycles. The van der Waals surface area contributed by atoms with Crippen molar-refractivity contribution in [3.05, 3.63) is 29.8 Å². The van der Waals surface area contributed by atoms with E-state index in [4.69, 9.17) is 0 Å². The van der Waals surface area contributed by atoms with Crippen molar-refractivity contribution in [3.63, 3.8) is 0 Å². The van der Waals surface area contributed by atoms with Gasteiger partial charge >= 0.3 is 5.97 Å². The van der Waals surface area contributed by atoms with Gasteiger partial charge in [-0.3, -0.25) is 4.79 Å². The van der Waals surface area contributed by atoms with Gasteiger partial charge in [-0.15, -0.1) is 11.8 Å². The van der Waals surface area contributed by atoms with Gasteiger partial charge in [0.25, 0.3) is 0 Å². The number of hydrogen-bond donors (Lipinski definition) is 2. The number of thioether (sulfide) groups is 1. The van der Waals surface area contributed by atoms with Gasteiger partial charge in [-0.25, -0.2) is 8.78 Å². The Morgan fingerprint density at radius 1 is 1.53 bits per heavy atom. The Balaban J connectivity index is 2.12. The van der Waals surface area contributed by atoms with Crippen molar-refractivity contribution in [1.29, 1.82) is 0 Å². The first-order valence-corrected chi connectivity index (χ1v) is 6.98. The average molecular weight is 287 g/mol. The molecule has 0 bridgehead atoms. The highest BCUT2D eigenvalue weighted by atomic mass is 32.2. The number of carboxylic acid groups (broad SMARTS) is 1. The summed E-state index contributed by atoms with van der Waals surface area (Å²) in [5.74, 6) is -1.93. The molecule has 1 aromatic rings. The maximum absolute atomic E-state index is 13.5. The monoisotopic (exact) mass is 287 g/mol.